The van der Waals surface area contributed by atoms with Gasteiger partial charge in [0.15, 0.2) is 0 Å². The third kappa shape index (κ3) is 7.45. The quantitative estimate of drug-likeness (QED) is 0.565. The Morgan fingerprint density at radius 3 is 2.38 bits per heavy atom. The van der Waals surface area contributed by atoms with Gasteiger partial charge in [-0.05, 0) is 51.4 Å². The van der Waals surface area contributed by atoms with E-state index in [1.165, 1.54) is 16.7 Å². The van der Waals surface area contributed by atoms with Crippen LogP contribution in [0.15, 0.2) is 34.9 Å². The Morgan fingerprint density at radius 1 is 1.00 bits per heavy atom. The van der Waals surface area contributed by atoms with Gasteiger partial charge in [0.1, 0.15) is 5.78 Å². The van der Waals surface area contributed by atoms with Gasteiger partial charge in [-0.3, -0.25) is 4.79 Å². The van der Waals surface area contributed by atoms with Gasteiger partial charge in [-0.25, -0.2) is 0 Å². The predicted molar refractivity (Wildman–Crippen MR) is 92.3 cm³/mol. The van der Waals surface area contributed by atoms with Gasteiger partial charge in [0.25, 0.3) is 0 Å². The molecule has 118 valence electrons. The van der Waals surface area contributed by atoms with Gasteiger partial charge < -0.3 is 0 Å². The number of hydrogen-bond acceptors (Lipinski definition) is 1. The summed E-state index contributed by atoms with van der Waals surface area (Å²) in [6.07, 6.45) is 12.8. The molecule has 1 heteroatoms. The lowest BCUT2D eigenvalue weighted by Gasteiger charge is -2.17. The highest BCUT2D eigenvalue weighted by molar-refractivity contribution is 5.79. The maximum Gasteiger partial charge on any atom is 0.133 e. The van der Waals surface area contributed by atoms with Crippen LogP contribution >= 0.6 is 0 Å². The molecule has 0 heterocycles. The Morgan fingerprint density at radius 2 is 1.71 bits per heavy atom. The van der Waals surface area contributed by atoms with E-state index < -0.39 is 0 Å². The normalized spacial score (nSPS) is 26.1. The Bertz CT molecular complexity index is 435. The molecule has 0 amide bonds. The van der Waals surface area contributed by atoms with Crippen molar-refractivity contribution in [2.45, 2.75) is 73.1 Å². The molecular weight excluding hydrogens is 256 g/mol. The molecule has 1 atom stereocenters. The van der Waals surface area contributed by atoms with Gasteiger partial charge in [-0.15, -0.1) is 0 Å². The molecular formula is C20H32O. The van der Waals surface area contributed by atoms with Crippen molar-refractivity contribution in [1.82, 2.24) is 0 Å². The van der Waals surface area contributed by atoms with E-state index in [1.54, 1.807) is 0 Å². The summed E-state index contributed by atoms with van der Waals surface area (Å²) in [7, 11) is 0. The maximum atomic E-state index is 12.1. The van der Waals surface area contributed by atoms with Gasteiger partial charge in [-0.1, -0.05) is 55.7 Å². The molecule has 0 bridgehead atoms. The van der Waals surface area contributed by atoms with Crippen LogP contribution in [0.2, 0.25) is 0 Å². The summed E-state index contributed by atoms with van der Waals surface area (Å²) in [4.78, 5) is 12.1. The number of allylic oxidation sites excluding steroid dienone is 6. The average Bonchev–Trinajstić information content (AvgIpc) is 2.37. The number of carbonyl (C=O) groups is 1. The van der Waals surface area contributed by atoms with E-state index in [1.807, 2.05) is 0 Å². The lowest BCUT2D eigenvalue weighted by molar-refractivity contribution is -0.120. The molecule has 0 saturated carbocycles. The van der Waals surface area contributed by atoms with Crippen molar-refractivity contribution >= 4 is 5.78 Å². The smallest absolute Gasteiger partial charge is 0.133 e. The minimum Gasteiger partial charge on any atom is -0.300 e. The fourth-order valence-corrected chi connectivity index (χ4v) is 2.83. The molecule has 0 radical (unpaired) electrons. The lowest BCUT2D eigenvalue weighted by atomic mass is 9.88. The van der Waals surface area contributed by atoms with Crippen LogP contribution in [0.25, 0.3) is 0 Å². The van der Waals surface area contributed by atoms with Gasteiger partial charge >= 0.3 is 0 Å². The zero-order valence-corrected chi connectivity index (χ0v) is 14.5. The summed E-state index contributed by atoms with van der Waals surface area (Å²) in [6.45, 7) is 10.9. The molecule has 0 aromatic rings. The highest BCUT2D eigenvalue weighted by Gasteiger charge is 2.14. The van der Waals surface area contributed by atoms with E-state index >= 15 is 0 Å². The van der Waals surface area contributed by atoms with E-state index in [0.717, 1.165) is 25.7 Å². The molecule has 1 rings (SSSR count). The van der Waals surface area contributed by atoms with Crippen molar-refractivity contribution in [1.29, 1.82) is 0 Å². The summed E-state index contributed by atoms with van der Waals surface area (Å²) in [5.74, 6) is 1.24. The van der Waals surface area contributed by atoms with Gasteiger partial charge in [-0.2, -0.15) is 0 Å². The van der Waals surface area contributed by atoms with Crippen molar-refractivity contribution in [3.63, 3.8) is 0 Å². The standard InChI is InChI=1S/C20H32O/c1-15(2)13-20(21)14-18(5)19-11-9-16(3)7-6-8-17(4)10-12-19/h7,10,12,15,18H,6,8-9,11,13-14H2,1-5H3/b16-7+,17-10+,19-12+/t18-/m0/s1. The number of ketones is 1. The largest absolute Gasteiger partial charge is 0.300 e. The summed E-state index contributed by atoms with van der Waals surface area (Å²) < 4.78 is 0. The molecule has 1 aliphatic rings. The molecule has 0 spiro atoms. The van der Waals surface area contributed by atoms with Crippen LogP contribution in [-0.4, -0.2) is 5.78 Å². The monoisotopic (exact) mass is 288 g/mol. The molecule has 0 N–H and O–H groups in total. The minimum absolute atomic E-state index is 0.368. The summed E-state index contributed by atoms with van der Waals surface area (Å²) in [6, 6.07) is 0. The summed E-state index contributed by atoms with van der Waals surface area (Å²) in [5.41, 5.74) is 4.34. The summed E-state index contributed by atoms with van der Waals surface area (Å²) in [5, 5.41) is 0. The number of rotatable bonds is 5. The molecule has 21 heavy (non-hydrogen) atoms. The van der Waals surface area contributed by atoms with Gasteiger partial charge in [0, 0.05) is 12.8 Å². The fourth-order valence-electron chi connectivity index (χ4n) is 2.83. The number of Topliss-reactive ketones (excluding diaryl/α,β-unsaturated/α-hetero) is 1. The molecule has 0 saturated heterocycles. The Kier molecular flexibility index (Phi) is 7.71. The van der Waals surface area contributed by atoms with Crippen LogP contribution in [-0.2, 0) is 4.79 Å². The first-order chi connectivity index (χ1) is 9.88. The molecule has 1 aliphatic carbocycles. The average molecular weight is 288 g/mol. The second-order valence-corrected chi connectivity index (χ2v) is 7.09. The van der Waals surface area contributed by atoms with Crippen molar-refractivity contribution in [3.05, 3.63) is 34.9 Å². The van der Waals surface area contributed by atoms with Gasteiger partial charge in [0.2, 0.25) is 0 Å². The Balaban J connectivity index is 2.75. The first-order valence-electron chi connectivity index (χ1n) is 8.42. The molecule has 0 unspecified atom stereocenters. The maximum absolute atomic E-state index is 12.1. The second kappa shape index (κ2) is 9.02. The molecule has 1 nitrogen and oxygen atoms in total. The van der Waals surface area contributed by atoms with E-state index in [-0.39, 0.29) is 0 Å². The SMILES string of the molecule is C/C1=C\C=C(\[C@@H](C)CC(=O)CC(C)C)CC/C(C)=C/CC1. The fraction of sp³-hybridized carbons (Fsp3) is 0.650. The number of hydrogen-bond donors (Lipinski definition) is 0. The van der Waals surface area contributed by atoms with Crippen LogP contribution in [0.1, 0.15) is 73.1 Å². The van der Waals surface area contributed by atoms with Crippen LogP contribution < -0.4 is 0 Å². The van der Waals surface area contributed by atoms with Crippen LogP contribution in [0, 0.1) is 11.8 Å². The third-order valence-electron chi connectivity index (χ3n) is 4.22. The van der Waals surface area contributed by atoms with Crippen molar-refractivity contribution in [2.24, 2.45) is 11.8 Å². The van der Waals surface area contributed by atoms with Gasteiger partial charge in [0.05, 0.1) is 0 Å². The zero-order valence-electron chi connectivity index (χ0n) is 14.5. The second-order valence-electron chi connectivity index (χ2n) is 7.09. The Hall–Kier alpha value is -1.11. The van der Waals surface area contributed by atoms with Crippen LogP contribution in [0.3, 0.4) is 0 Å². The van der Waals surface area contributed by atoms with Crippen LogP contribution in [0.5, 0.6) is 0 Å². The topological polar surface area (TPSA) is 17.1 Å². The number of carbonyl (C=O) groups excluding carboxylic acids is 1. The van der Waals surface area contributed by atoms with Crippen LogP contribution in [0.4, 0.5) is 0 Å². The van der Waals surface area contributed by atoms with Crippen molar-refractivity contribution in [3.8, 4) is 0 Å². The van der Waals surface area contributed by atoms with E-state index in [2.05, 4.69) is 52.8 Å². The lowest BCUT2D eigenvalue weighted by Crippen LogP contribution is -2.10. The molecule has 0 aliphatic heterocycles. The van der Waals surface area contributed by atoms with Crippen molar-refractivity contribution < 1.29 is 4.79 Å². The first kappa shape index (κ1) is 17.9. The highest BCUT2D eigenvalue weighted by atomic mass is 16.1. The Labute approximate surface area is 131 Å². The molecule has 0 aromatic heterocycles. The van der Waals surface area contributed by atoms with Crippen molar-refractivity contribution in [2.75, 3.05) is 0 Å². The van der Waals surface area contributed by atoms with E-state index in [9.17, 15) is 4.79 Å². The highest BCUT2D eigenvalue weighted by Crippen LogP contribution is 2.25. The molecule has 0 aromatic carbocycles. The first-order valence-corrected chi connectivity index (χ1v) is 8.42. The summed E-state index contributed by atoms with van der Waals surface area (Å²) >= 11 is 0. The molecule has 0 fully saturated rings. The minimum atomic E-state index is 0.368. The third-order valence-corrected chi connectivity index (χ3v) is 4.22. The van der Waals surface area contributed by atoms with E-state index in [4.69, 9.17) is 0 Å². The zero-order chi connectivity index (χ0) is 15.8. The predicted octanol–water partition coefficient (Wildman–Crippen LogP) is 6.02. The van der Waals surface area contributed by atoms with E-state index in [0.29, 0.717) is 30.5 Å².